The van der Waals surface area contributed by atoms with E-state index in [4.69, 9.17) is 56.6 Å². The van der Waals surface area contributed by atoms with E-state index in [9.17, 15) is 14.0 Å². The first-order chi connectivity index (χ1) is 41.8. The van der Waals surface area contributed by atoms with Crippen molar-refractivity contribution in [1.29, 1.82) is 0 Å². The first kappa shape index (κ1) is 64.6. The van der Waals surface area contributed by atoms with Gasteiger partial charge in [-0.1, -0.05) is 74.3 Å². The van der Waals surface area contributed by atoms with Crippen LogP contribution in [0.25, 0.3) is 5.65 Å². The van der Waals surface area contributed by atoms with E-state index in [0.717, 1.165) is 22.3 Å². The lowest BCUT2D eigenvalue weighted by molar-refractivity contribution is -0.122. The number of fused-ring (bicyclic) bond motifs is 2. The zero-order chi connectivity index (χ0) is 61.9. The summed E-state index contributed by atoms with van der Waals surface area (Å²) in [5.41, 5.74) is 2.76. The lowest BCUT2D eigenvalue weighted by Crippen LogP contribution is -2.60. The number of aromatic nitrogens is 3. The van der Waals surface area contributed by atoms with Crippen LogP contribution in [0, 0.1) is 5.82 Å². The molecule has 4 amide bonds. The highest BCUT2D eigenvalue weighted by Crippen LogP contribution is 2.54. The average Bonchev–Trinajstić information content (AvgIpc) is 1.57. The second-order valence-electron chi connectivity index (χ2n) is 23.4. The molecule has 0 unspecified atom stereocenters. The Hall–Kier alpha value is -6.91. The zero-order valence-corrected chi connectivity index (χ0v) is 52.6. The molecule has 0 radical (unpaired) electrons. The average molecular weight is 1240 g/mol. The Labute approximate surface area is 519 Å². The van der Waals surface area contributed by atoms with Gasteiger partial charge in [0.05, 0.1) is 83.8 Å². The lowest BCUT2D eigenvalue weighted by atomic mass is 9.71. The molecule has 2 N–H and O–H groups in total. The van der Waals surface area contributed by atoms with Crippen LogP contribution in [0.3, 0.4) is 0 Å². The maximum absolute atomic E-state index is 15.5. The summed E-state index contributed by atoms with van der Waals surface area (Å²) < 4.78 is 51.6. The molecule has 0 saturated carbocycles. The van der Waals surface area contributed by atoms with Gasteiger partial charge < -0.3 is 48.9 Å². The Balaban J connectivity index is 0.677. The van der Waals surface area contributed by atoms with E-state index in [-0.39, 0.29) is 62.0 Å². The number of aliphatic imine (C=N–C) groups is 1. The third-order valence-corrected chi connectivity index (χ3v) is 16.8. The number of nitrogens with zero attached hydrogens (tertiary/aromatic N) is 8. The van der Waals surface area contributed by atoms with E-state index in [2.05, 4.69) is 72.4 Å². The molecule has 2 aromatic heterocycles. The van der Waals surface area contributed by atoms with Crippen molar-refractivity contribution in [3.05, 3.63) is 153 Å². The van der Waals surface area contributed by atoms with E-state index in [1.165, 1.54) is 22.8 Å². The number of amides is 4. The number of nitrogens with one attached hydrogen (secondary N) is 2. The molecule has 9 rings (SSSR count). The Morgan fingerprint density at radius 1 is 0.793 bits per heavy atom. The van der Waals surface area contributed by atoms with Crippen LogP contribution in [0.4, 0.5) is 15.0 Å². The number of halogens is 3. The van der Waals surface area contributed by atoms with Crippen molar-refractivity contribution < 1.29 is 47.2 Å². The Morgan fingerprint density at radius 3 is 2.09 bits per heavy atom. The number of benzene rings is 4. The molecule has 3 aliphatic rings. The Kier molecular flexibility index (Phi) is 21.5. The van der Waals surface area contributed by atoms with E-state index in [1.54, 1.807) is 23.2 Å². The van der Waals surface area contributed by atoms with Crippen LogP contribution >= 0.6 is 23.2 Å². The number of anilines is 1. The maximum Gasteiger partial charge on any atom is 0.326 e. The van der Waals surface area contributed by atoms with Crippen molar-refractivity contribution in [3.8, 4) is 11.5 Å². The van der Waals surface area contributed by atoms with E-state index in [0.29, 0.717) is 136 Å². The molecular weight excluding hydrogens is 1150 g/mol. The van der Waals surface area contributed by atoms with Gasteiger partial charge in [0.2, 0.25) is 5.91 Å². The number of ether oxygens (including phenoxy) is 6. The standard InChI is InChI=1S/C65H81Cl2FN10O9/c1-9-86-56-40-48(63(4,5)6)14-20-52(56)60-73-64(7,46-10-15-49(66)16-11-46)65(8,47-12-17-50(67)18-13-47)78(60)62(81)75-29-27-74(28-30-75)31-33-83-35-37-85-39-38-84-36-34-82-32-23-58(79)69-24-26-76-43-44(2)87-55-21-19-51(68)41-53(55)45(3)71-57-22-25-77-59(72-57)54(42-70-77)61(76)80/h10-22,25,40-42,44-45H,9,23-24,26-39,43H2,1-8H3,(H,69,79)(H,71,72)/t44-,45+,64+,65-/m0/s1. The first-order valence-corrected chi connectivity index (χ1v) is 30.7. The molecule has 2 bridgehead atoms. The van der Waals surface area contributed by atoms with Gasteiger partial charge >= 0.3 is 6.03 Å². The van der Waals surface area contributed by atoms with Gasteiger partial charge in [-0.25, -0.2) is 18.7 Å². The van der Waals surface area contributed by atoms with Crippen LogP contribution in [0.5, 0.6) is 11.5 Å². The fraction of sp³-hybridized carbons (Fsp3) is 0.477. The molecule has 19 nitrogen and oxygen atoms in total. The van der Waals surface area contributed by atoms with Crippen molar-refractivity contribution in [2.24, 2.45) is 4.99 Å². The highest BCUT2D eigenvalue weighted by atomic mass is 35.5. The van der Waals surface area contributed by atoms with Crippen molar-refractivity contribution in [3.63, 3.8) is 0 Å². The molecule has 4 aromatic carbocycles. The van der Waals surface area contributed by atoms with E-state index in [1.807, 2.05) is 85.2 Å². The van der Waals surface area contributed by atoms with Crippen LogP contribution in [-0.2, 0) is 40.2 Å². The number of urea groups is 1. The Morgan fingerprint density at radius 2 is 1.44 bits per heavy atom. The van der Waals surface area contributed by atoms with Crippen molar-refractivity contribution in [2.45, 2.75) is 90.4 Å². The lowest BCUT2D eigenvalue weighted by Gasteiger charge is -2.47. The highest BCUT2D eigenvalue weighted by Gasteiger charge is 2.60. The third-order valence-electron chi connectivity index (χ3n) is 16.3. The number of piperazine rings is 1. The number of hydrogen-bond donors (Lipinski definition) is 2. The van der Waals surface area contributed by atoms with Gasteiger partial charge in [0.25, 0.3) is 5.91 Å². The third kappa shape index (κ3) is 15.3. The molecule has 4 atom stereocenters. The molecular formula is C65H81Cl2FN10O9. The minimum absolute atomic E-state index is 0.128. The molecule has 466 valence electrons. The summed E-state index contributed by atoms with van der Waals surface area (Å²) in [6.07, 6.45) is 2.83. The summed E-state index contributed by atoms with van der Waals surface area (Å²) in [6.45, 7) is 23.4. The summed E-state index contributed by atoms with van der Waals surface area (Å²) >= 11 is 13.0. The van der Waals surface area contributed by atoms with Gasteiger partial charge in [-0.05, 0) is 117 Å². The predicted octanol–water partition coefficient (Wildman–Crippen LogP) is 10.2. The number of rotatable bonds is 23. The normalized spacial score (nSPS) is 20.1. The van der Waals surface area contributed by atoms with E-state index >= 15 is 4.79 Å². The fourth-order valence-corrected chi connectivity index (χ4v) is 11.5. The van der Waals surface area contributed by atoms with Crippen LogP contribution < -0.4 is 20.1 Å². The van der Waals surface area contributed by atoms with Crippen LogP contribution in [0.15, 0.2) is 108 Å². The molecule has 22 heteroatoms. The van der Waals surface area contributed by atoms with Gasteiger partial charge in [0.1, 0.15) is 51.7 Å². The minimum Gasteiger partial charge on any atom is -0.493 e. The fourth-order valence-electron chi connectivity index (χ4n) is 11.2. The maximum atomic E-state index is 15.5. The van der Waals surface area contributed by atoms with E-state index < -0.39 is 23.0 Å². The van der Waals surface area contributed by atoms with Crippen LogP contribution in [0.1, 0.15) is 106 Å². The van der Waals surface area contributed by atoms with Gasteiger partial charge in [-0.2, -0.15) is 5.10 Å². The topological polar surface area (TPSA) is 186 Å². The SMILES string of the molecule is CCOc1cc(C(C)(C)C)ccc1C1=N[C@](C)(c2ccc(Cl)cc2)[C@](C)(c2ccc(Cl)cc2)N1C(=O)N1CCN(CCOCCOCCOCCOCCC(=O)NCCN2C[C@H](C)Oc3ccc(F)cc3[C@@H](C)Nc3ccn4ncc(c4n3)C2=O)CC1. The van der Waals surface area contributed by atoms with Crippen molar-refractivity contribution in [1.82, 2.24) is 39.5 Å². The number of carbonyl (C=O) groups is 3. The largest absolute Gasteiger partial charge is 0.493 e. The molecule has 0 spiro atoms. The molecule has 1 saturated heterocycles. The second-order valence-corrected chi connectivity index (χ2v) is 24.2. The van der Waals surface area contributed by atoms with Crippen LogP contribution in [0.2, 0.25) is 10.0 Å². The molecule has 1 fully saturated rings. The minimum atomic E-state index is -1.03. The monoisotopic (exact) mass is 1230 g/mol. The van der Waals surface area contributed by atoms with Gasteiger partial charge in [0, 0.05) is 74.0 Å². The summed E-state index contributed by atoms with van der Waals surface area (Å²) in [5.74, 6) is 1.23. The molecule has 6 aromatic rings. The predicted molar refractivity (Wildman–Crippen MR) is 334 cm³/mol. The zero-order valence-electron chi connectivity index (χ0n) is 51.1. The summed E-state index contributed by atoms with van der Waals surface area (Å²) in [5, 5.41) is 11.7. The smallest absolute Gasteiger partial charge is 0.326 e. The Bertz CT molecular complexity index is 3360. The highest BCUT2D eigenvalue weighted by molar-refractivity contribution is 6.30. The van der Waals surface area contributed by atoms with Crippen molar-refractivity contribution in [2.75, 3.05) is 117 Å². The number of carbonyl (C=O) groups excluding carboxylic acids is 3. The van der Waals surface area contributed by atoms with Gasteiger partial charge in [-0.3, -0.25) is 24.4 Å². The van der Waals surface area contributed by atoms with Gasteiger partial charge in [0.15, 0.2) is 5.65 Å². The molecule has 5 heterocycles. The molecule has 87 heavy (non-hydrogen) atoms. The van der Waals surface area contributed by atoms with Crippen molar-refractivity contribution >= 4 is 58.3 Å². The molecule has 0 aliphatic carbocycles. The number of amidine groups is 1. The number of hydrogen-bond acceptors (Lipinski definition) is 14. The van der Waals surface area contributed by atoms with Gasteiger partial charge in [-0.15, -0.1) is 0 Å². The quantitative estimate of drug-likeness (QED) is 0.0578. The summed E-state index contributed by atoms with van der Waals surface area (Å²) in [7, 11) is 0. The van der Waals surface area contributed by atoms with Crippen LogP contribution in [-0.4, -0.2) is 176 Å². The summed E-state index contributed by atoms with van der Waals surface area (Å²) in [4.78, 5) is 60.3. The first-order valence-electron chi connectivity index (χ1n) is 29.9. The molecule has 3 aliphatic heterocycles. The summed E-state index contributed by atoms with van der Waals surface area (Å²) in [6, 6.07) is 27.2. The second kappa shape index (κ2) is 28.9.